The van der Waals surface area contributed by atoms with E-state index >= 15 is 0 Å². The van der Waals surface area contributed by atoms with Crippen molar-refractivity contribution in [2.24, 2.45) is 11.8 Å². The molecule has 18 heavy (non-hydrogen) atoms. The van der Waals surface area contributed by atoms with Crippen molar-refractivity contribution in [1.82, 2.24) is 4.90 Å². The average Bonchev–Trinajstić information content (AvgIpc) is 2.38. The van der Waals surface area contributed by atoms with Crippen LogP contribution in [0.1, 0.15) is 13.8 Å². The van der Waals surface area contributed by atoms with Crippen molar-refractivity contribution in [3.8, 4) is 0 Å². The molecule has 0 aromatic carbocycles. The molecule has 2 aliphatic rings. The topological polar surface area (TPSA) is 172 Å². The van der Waals surface area contributed by atoms with Crippen molar-refractivity contribution >= 4 is 11.9 Å². The number of rotatable bonds is 2. The zero-order valence-electron chi connectivity index (χ0n) is 10.0. The van der Waals surface area contributed by atoms with E-state index in [9.17, 15) is 14.7 Å². The molecule has 0 spiro atoms. The molecule has 3 unspecified atom stereocenters. The zero-order chi connectivity index (χ0) is 11.3. The van der Waals surface area contributed by atoms with E-state index in [0.29, 0.717) is 0 Å². The number of fused-ring (bicyclic) bond motifs is 1. The van der Waals surface area contributed by atoms with Crippen molar-refractivity contribution in [2.45, 2.75) is 26.0 Å². The second kappa shape index (κ2) is 5.91. The van der Waals surface area contributed by atoms with Gasteiger partial charge >= 0.3 is 5.97 Å². The third-order valence-corrected chi connectivity index (χ3v) is 3.15. The van der Waals surface area contributed by atoms with Crippen molar-refractivity contribution < 1.29 is 36.2 Å². The van der Waals surface area contributed by atoms with Gasteiger partial charge in [0, 0.05) is 0 Å². The monoisotopic (exact) mass is 265 g/mol. The lowest BCUT2D eigenvalue weighted by Gasteiger charge is -2.46. The number of hydrogen-bond acceptors (Lipinski definition) is 3. The summed E-state index contributed by atoms with van der Waals surface area (Å²) in [6, 6.07) is -0.177. The number of carbonyl (C=O) groups is 2. The fourth-order valence-corrected chi connectivity index (χ4v) is 2.47. The molecule has 1 amide bonds. The fourth-order valence-electron chi connectivity index (χ4n) is 2.47. The van der Waals surface area contributed by atoms with E-state index in [2.05, 4.69) is 0 Å². The minimum absolute atomic E-state index is 0. The third-order valence-electron chi connectivity index (χ3n) is 3.15. The Morgan fingerprint density at radius 1 is 1.39 bits per heavy atom. The van der Waals surface area contributed by atoms with Gasteiger partial charge in [0.2, 0.25) is 5.91 Å². The summed E-state index contributed by atoms with van der Waals surface area (Å²) >= 11 is 0. The predicted molar refractivity (Wildman–Crippen MR) is 61.5 cm³/mol. The molecule has 0 saturated carbocycles. The number of carboxylic acids is 1. The highest BCUT2D eigenvalue weighted by Crippen LogP contribution is 2.43. The van der Waals surface area contributed by atoms with E-state index < -0.39 is 18.0 Å². The SMILES string of the molecule is CC1C=C(C(=O)O)N2C(=O)C([C@@H](C)O)C12.O.O.O. The Hall–Kier alpha value is -1.48. The number of aliphatic carboxylic acids is 1. The number of carbonyl (C=O) groups excluding carboxylic acids is 1. The number of hydrogen-bond donors (Lipinski definition) is 2. The number of aliphatic hydroxyl groups excluding tert-OH is 1. The molecule has 2 aliphatic heterocycles. The first-order valence-corrected chi connectivity index (χ1v) is 4.91. The summed E-state index contributed by atoms with van der Waals surface area (Å²) in [5.74, 6) is -1.82. The average molecular weight is 265 g/mol. The van der Waals surface area contributed by atoms with Gasteiger partial charge in [0.1, 0.15) is 5.70 Å². The van der Waals surface area contributed by atoms with Gasteiger partial charge in [-0.1, -0.05) is 6.92 Å². The molecule has 8 N–H and O–H groups in total. The predicted octanol–water partition coefficient (Wildman–Crippen LogP) is -2.66. The molecular formula is C10H19NO7. The smallest absolute Gasteiger partial charge is 0.352 e. The second-order valence-corrected chi connectivity index (χ2v) is 4.18. The maximum atomic E-state index is 11.6. The minimum Gasteiger partial charge on any atom is -0.477 e. The highest BCUT2D eigenvalue weighted by Gasteiger charge is 2.57. The summed E-state index contributed by atoms with van der Waals surface area (Å²) in [7, 11) is 0. The van der Waals surface area contributed by atoms with Crippen LogP contribution in [0.3, 0.4) is 0 Å². The number of aliphatic hydroxyl groups is 1. The Balaban J connectivity index is 0. The molecule has 0 bridgehead atoms. The van der Waals surface area contributed by atoms with Crippen LogP contribution < -0.4 is 0 Å². The summed E-state index contributed by atoms with van der Waals surface area (Å²) < 4.78 is 0. The summed E-state index contributed by atoms with van der Waals surface area (Å²) in [5, 5.41) is 18.3. The summed E-state index contributed by atoms with van der Waals surface area (Å²) in [4.78, 5) is 23.7. The molecule has 2 heterocycles. The molecule has 106 valence electrons. The fraction of sp³-hybridized carbons (Fsp3) is 0.600. The quantitative estimate of drug-likeness (QED) is 0.519. The van der Waals surface area contributed by atoms with Gasteiger partial charge in [-0.15, -0.1) is 0 Å². The number of amides is 1. The highest BCUT2D eigenvalue weighted by atomic mass is 16.4. The van der Waals surface area contributed by atoms with Gasteiger partial charge in [0.25, 0.3) is 0 Å². The molecule has 4 atom stereocenters. The van der Waals surface area contributed by atoms with Gasteiger partial charge < -0.3 is 31.5 Å². The van der Waals surface area contributed by atoms with Crippen LogP contribution in [0.2, 0.25) is 0 Å². The first-order valence-electron chi connectivity index (χ1n) is 4.91. The molecule has 0 radical (unpaired) electrons. The molecule has 1 fully saturated rings. The third kappa shape index (κ3) is 2.23. The van der Waals surface area contributed by atoms with Crippen LogP contribution in [-0.2, 0) is 9.59 Å². The lowest BCUT2D eigenvalue weighted by Crippen LogP contribution is -2.63. The second-order valence-electron chi connectivity index (χ2n) is 4.18. The number of β-lactam (4-membered cyclic amide) rings is 1. The van der Waals surface area contributed by atoms with Crippen LogP contribution in [0.5, 0.6) is 0 Å². The van der Waals surface area contributed by atoms with Gasteiger partial charge in [-0.25, -0.2) is 4.79 Å². The van der Waals surface area contributed by atoms with E-state index in [0.717, 1.165) is 0 Å². The zero-order valence-corrected chi connectivity index (χ0v) is 10.0. The van der Waals surface area contributed by atoms with Crippen molar-refractivity contribution in [3.63, 3.8) is 0 Å². The molecule has 2 rings (SSSR count). The van der Waals surface area contributed by atoms with Crippen LogP contribution in [0.4, 0.5) is 0 Å². The Morgan fingerprint density at radius 2 is 1.89 bits per heavy atom. The molecule has 8 nitrogen and oxygen atoms in total. The number of carboxylic acid groups (broad SMARTS) is 1. The lowest BCUT2D eigenvalue weighted by molar-refractivity contribution is -0.163. The van der Waals surface area contributed by atoms with Crippen molar-refractivity contribution in [2.75, 3.05) is 0 Å². The molecule has 1 saturated heterocycles. The standard InChI is InChI=1S/C10H13NO4.3H2O/c1-4-3-6(10(14)15)11-8(4)7(5(2)12)9(11)13;;;/h3-5,7-8,12H,1-2H3,(H,14,15);3*1H2/t4?,5-,7?,8?;;;/m1.../s1. The summed E-state index contributed by atoms with van der Waals surface area (Å²) in [6.45, 7) is 3.42. The van der Waals surface area contributed by atoms with Crippen LogP contribution in [0, 0.1) is 11.8 Å². The van der Waals surface area contributed by atoms with Crippen LogP contribution in [-0.4, -0.2) is 55.6 Å². The molecular weight excluding hydrogens is 246 g/mol. The van der Waals surface area contributed by atoms with Crippen molar-refractivity contribution in [3.05, 3.63) is 11.8 Å². The molecule has 0 aromatic heterocycles. The first kappa shape index (κ1) is 18.9. The normalized spacial score (nSPS) is 29.7. The van der Waals surface area contributed by atoms with Gasteiger partial charge in [-0.3, -0.25) is 4.79 Å². The van der Waals surface area contributed by atoms with E-state index in [1.165, 1.54) is 4.90 Å². The Morgan fingerprint density at radius 3 is 2.28 bits per heavy atom. The van der Waals surface area contributed by atoms with Crippen LogP contribution in [0.25, 0.3) is 0 Å². The first-order chi connectivity index (χ1) is 6.95. The van der Waals surface area contributed by atoms with E-state index in [4.69, 9.17) is 5.11 Å². The minimum atomic E-state index is -1.08. The highest BCUT2D eigenvalue weighted by molar-refractivity contribution is 5.99. The largest absolute Gasteiger partial charge is 0.477 e. The van der Waals surface area contributed by atoms with Crippen LogP contribution in [0.15, 0.2) is 11.8 Å². The van der Waals surface area contributed by atoms with Gasteiger partial charge in [0.15, 0.2) is 0 Å². The lowest BCUT2D eigenvalue weighted by atomic mass is 9.79. The maximum Gasteiger partial charge on any atom is 0.352 e. The molecule has 0 aromatic rings. The Bertz CT molecular complexity index is 365. The number of nitrogens with zero attached hydrogens (tertiary/aromatic N) is 1. The Labute approximate surface area is 103 Å². The van der Waals surface area contributed by atoms with E-state index in [1.807, 2.05) is 6.92 Å². The van der Waals surface area contributed by atoms with Crippen molar-refractivity contribution in [1.29, 1.82) is 0 Å². The Kier molecular flexibility index (Phi) is 6.20. The summed E-state index contributed by atoms with van der Waals surface area (Å²) in [6.07, 6.45) is 0.857. The molecule has 0 aliphatic carbocycles. The molecule has 8 heteroatoms. The van der Waals surface area contributed by atoms with E-state index in [1.54, 1.807) is 13.0 Å². The van der Waals surface area contributed by atoms with Gasteiger partial charge in [-0.05, 0) is 18.9 Å². The van der Waals surface area contributed by atoms with Gasteiger partial charge in [-0.2, -0.15) is 0 Å². The van der Waals surface area contributed by atoms with E-state index in [-0.39, 0.29) is 40.0 Å². The van der Waals surface area contributed by atoms with Gasteiger partial charge in [0.05, 0.1) is 18.1 Å². The summed E-state index contributed by atoms with van der Waals surface area (Å²) in [5.41, 5.74) is 0.0504. The van der Waals surface area contributed by atoms with Crippen LogP contribution >= 0.6 is 0 Å². The maximum absolute atomic E-state index is 11.6.